The zero-order chi connectivity index (χ0) is 13.0. The molecule has 18 heavy (non-hydrogen) atoms. The Hall–Kier alpha value is -1.36. The largest absolute Gasteiger partial charge is 0.376 e. The molecule has 1 unspecified atom stereocenters. The summed E-state index contributed by atoms with van der Waals surface area (Å²) in [6.45, 7) is 3.82. The first-order chi connectivity index (χ1) is 8.72. The van der Waals surface area contributed by atoms with Crippen LogP contribution in [0.4, 0.5) is 11.6 Å². The predicted molar refractivity (Wildman–Crippen MR) is 73.2 cm³/mol. The first-order valence-corrected chi connectivity index (χ1v) is 6.54. The smallest absolute Gasteiger partial charge is 0.136 e. The standard InChI is InChI=1S/C13H22N4O/c1-10-12(14-2)15-9-16-13(10)17(3)8-11-6-4-5-7-18-11/h9,11H,4-8H2,1-3H3,(H,14,15,16). The van der Waals surface area contributed by atoms with Gasteiger partial charge in [0, 0.05) is 32.8 Å². The lowest BCUT2D eigenvalue weighted by molar-refractivity contribution is 0.0215. The summed E-state index contributed by atoms with van der Waals surface area (Å²) in [5.41, 5.74) is 1.08. The number of hydrogen-bond acceptors (Lipinski definition) is 5. The normalized spacial score (nSPS) is 19.6. The molecule has 0 saturated carbocycles. The van der Waals surface area contributed by atoms with Crippen LogP contribution in [0.3, 0.4) is 0 Å². The minimum Gasteiger partial charge on any atom is -0.376 e. The fourth-order valence-corrected chi connectivity index (χ4v) is 2.42. The van der Waals surface area contributed by atoms with E-state index in [0.717, 1.165) is 36.8 Å². The summed E-state index contributed by atoms with van der Waals surface area (Å²) in [7, 11) is 3.94. The summed E-state index contributed by atoms with van der Waals surface area (Å²) in [5.74, 6) is 1.86. The average Bonchev–Trinajstić information content (AvgIpc) is 2.40. The Bertz CT molecular complexity index is 391. The zero-order valence-corrected chi connectivity index (χ0v) is 11.4. The summed E-state index contributed by atoms with van der Waals surface area (Å²) in [4.78, 5) is 10.7. The van der Waals surface area contributed by atoms with E-state index in [1.54, 1.807) is 6.33 Å². The van der Waals surface area contributed by atoms with Crippen molar-refractivity contribution in [2.75, 3.05) is 37.5 Å². The van der Waals surface area contributed by atoms with Gasteiger partial charge in [-0.05, 0) is 26.2 Å². The molecule has 5 nitrogen and oxygen atoms in total. The van der Waals surface area contributed by atoms with Gasteiger partial charge in [-0.1, -0.05) is 0 Å². The Morgan fingerprint density at radius 3 is 2.94 bits per heavy atom. The number of nitrogens with one attached hydrogen (secondary N) is 1. The maximum Gasteiger partial charge on any atom is 0.136 e. The van der Waals surface area contributed by atoms with Crippen LogP contribution < -0.4 is 10.2 Å². The van der Waals surface area contributed by atoms with Crippen molar-refractivity contribution < 1.29 is 4.74 Å². The Morgan fingerprint density at radius 1 is 1.44 bits per heavy atom. The quantitative estimate of drug-likeness (QED) is 0.883. The number of likely N-dealkylation sites (N-methyl/N-ethyl adjacent to an activating group) is 1. The van der Waals surface area contributed by atoms with Crippen molar-refractivity contribution in [2.24, 2.45) is 0 Å². The number of rotatable bonds is 4. The van der Waals surface area contributed by atoms with Crippen LogP contribution >= 0.6 is 0 Å². The maximum absolute atomic E-state index is 5.77. The third kappa shape index (κ3) is 2.90. The van der Waals surface area contributed by atoms with E-state index in [0.29, 0.717) is 6.10 Å². The molecule has 0 spiro atoms. The lowest BCUT2D eigenvalue weighted by atomic mass is 10.1. The van der Waals surface area contributed by atoms with Crippen molar-refractivity contribution in [3.8, 4) is 0 Å². The van der Waals surface area contributed by atoms with E-state index in [1.807, 2.05) is 14.0 Å². The third-order valence-corrected chi connectivity index (χ3v) is 3.41. The van der Waals surface area contributed by atoms with Crippen LogP contribution in [0.2, 0.25) is 0 Å². The second kappa shape index (κ2) is 6.00. The molecule has 0 amide bonds. The minimum atomic E-state index is 0.330. The third-order valence-electron chi connectivity index (χ3n) is 3.41. The first-order valence-electron chi connectivity index (χ1n) is 6.54. The first kappa shape index (κ1) is 13.1. The van der Waals surface area contributed by atoms with Crippen molar-refractivity contribution in [3.05, 3.63) is 11.9 Å². The Balaban J connectivity index is 2.05. The molecule has 100 valence electrons. The highest BCUT2D eigenvalue weighted by molar-refractivity contribution is 5.57. The summed E-state index contributed by atoms with van der Waals surface area (Å²) in [5, 5.41) is 3.09. The molecule has 1 aromatic rings. The highest BCUT2D eigenvalue weighted by Gasteiger charge is 2.18. The molecule has 2 rings (SSSR count). The van der Waals surface area contributed by atoms with Crippen LogP contribution in [0.15, 0.2) is 6.33 Å². The summed E-state index contributed by atoms with van der Waals surface area (Å²) < 4.78 is 5.77. The van der Waals surface area contributed by atoms with Gasteiger partial charge in [-0.3, -0.25) is 0 Å². The van der Waals surface area contributed by atoms with Gasteiger partial charge < -0.3 is 15.0 Å². The van der Waals surface area contributed by atoms with Gasteiger partial charge in [0.15, 0.2) is 0 Å². The van der Waals surface area contributed by atoms with E-state index in [4.69, 9.17) is 4.74 Å². The van der Waals surface area contributed by atoms with E-state index < -0.39 is 0 Å². The van der Waals surface area contributed by atoms with Crippen molar-refractivity contribution in [3.63, 3.8) is 0 Å². The minimum absolute atomic E-state index is 0.330. The number of aromatic nitrogens is 2. The van der Waals surface area contributed by atoms with E-state index in [-0.39, 0.29) is 0 Å². The number of nitrogens with zero attached hydrogens (tertiary/aromatic N) is 3. The van der Waals surface area contributed by atoms with Crippen LogP contribution in [-0.4, -0.2) is 43.3 Å². The highest BCUT2D eigenvalue weighted by atomic mass is 16.5. The van der Waals surface area contributed by atoms with Crippen molar-refractivity contribution in [1.82, 2.24) is 9.97 Å². The van der Waals surface area contributed by atoms with E-state index in [2.05, 4.69) is 27.2 Å². The lowest BCUT2D eigenvalue weighted by Gasteiger charge is -2.28. The summed E-state index contributed by atoms with van der Waals surface area (Å²) in [6.07, 6.45) is 5.54. The SMILES string of the molecule is CNc1ncnc(N(C)CC2CCCCO2)c1C. The molecule has 1 fully saturated rings. The number of ether oxygens (including phenoxy) is 1. The van der Waals surface area contributed by atoms with Gasteiger partial charge >= 0.3 is 0 Å². The summed E-state index contributed by atoms with van der Waals surface area (Å²) in [6, 6.07) is 0. The van der Waals surface area contributed by atoms with Crippen LogP contribution in [0, 0.1) is 6.92 Å². The molecule has 5 heteroatoms. The van der Waals surface area contributed by atoms with Crippen molar-refractivity contribution in [2.45, 2.75) is 32.3 Å². The van der Waals surface area contributed by atoms with Gasteiger partial charge in [0.1, 0.15) is 18.0 Å². The molecule has 1 aliphatic heterocycles. The maximum atomic E-state index is 5.77. The Labute approximate surface area is 109 Å². The molecular weight excluding hydrogens is 228 g/mol. The molecule has 2 heterocycles. The predicted octanol–water partition coefficient (Wildman–Crippen LogP) is 1.83. The van der Waals surface area contributed by atoms with Crippen LogP contribution in [0.25, 0.3) is 0 Å². The molecule has 0 aromatic carbocycles. The number of hydrogen-bond donors (Lipinski definition) is 1. The second-order valence-electron chi connectivity index (χ2n) is 4.79. The topological polar surface area (TPSA) is 50.3 Å². The monoisotopic (exact) mass is 250 g/mol. The van der Waals surface area contributed by atoms with Crippen LogP contribution in [0.5, 0.6) is 0 Å². The molecule has 0 radical (unpaired) electrons. The van der Waals surface area contributed by atoms with Gasteiger partial charge in [0.25, 0.3) is 0 Å². The average molecular weight is 250 g/mol. The lowest BCUT2D eigenvalue weighted by Crippen LogP contribution is -2.34. The fourth-order valence-electron chi connectivity index (χ4n) is 2.42. The molecule has 0 aliphatic carbocycles. The van der Waals surface area contributed by atoms with Gasteiger partial charge in [-0.25, -0.2) is 9.97 Å². The van der Waals surface area contributed by atoms with Gasteiger partial charge in [0.2, 0.25) is 0 Å². The van der Waals surface area contributed by atoms with Gasteiger partial charge in [-0.2, -0.15) is 0 Å². The molecule has 1 aliphatic rings. The van der Waals surface area contributed by atoms with E-state index in [9.17, 15) is 0 Å². The van der Waals surface area contributed by atoms with Gasteiger partial charge in [0.05, 0.1) is 6.10 Å². The summed E-state index contributed by atoms with van der Waals surface area (Å²) >= 11 is 0. The highest BCUT2D eigenvalue weighted by Crippen LogP contribution is 2.22. The Morgan fingerprint density at radius 2 is 2.28 bits per heavy atom. The fraction of sp³-hybridized carbons (Fsp3) is 0.692. The van der Waals surface area contributed by atoms with Crippen LogP contribution in [-0.2, 0) is 4.74 Å². The number of anilines is 2. The molecule has 1 N–H and O–H groups in total. The van der Waals surface area contributed by atoms with E-state index >= 15 is 0 Å². The molecule has 0 bridgehead atoms. The Kier molecular flexibility index (Phi) is 4.36. The van der Waals surface area contributed by atoms with Crippen molar-refractivity contribution >= 4 is 11.6 Å². The van der Waals surface area contributed by atoms with Crippen molar-refractivity contribution in [1.29, 1.82) is 0 Å². The molecule has 1 atom stereocenters. The molecule has 1 aromatic heterocycles. The molecule has 1 saturated heterocycles. The second-order valence-corrected chi connectivity index (χ2v) is 4.79. The zero-order valence-electron chi connectivity index (χ0n) is 11.4. The van der Waals surface area contributed by atoms with E-state index in [1.165, 1.54) is 12.8 Å². The van der Waals surface area contributed by atoms with Crippen LogP contribution in [0.1, 0.15) is 24.8 Å². The van der Waals surface area contributed by atoms with Gasteiger partial charge in [-0.15, -0.1) is 0 Å². The molecular formula is C13H22N4O.